The van der Waals surface area contributed by atoms with E-state index in [2.05, 4.69) is 4.98 Å². The second kappa shape index (κ2) is 5.51. The van der Waals surface area contributed by atoms with Crippen LogP contribution in [0.5, 0.6) is 0 Å². The maximum Gasteiger partial charge on any atom is 0.406 e. The molecular formula is C13H15N5O4. The van der Waals surface area contributed by atoms with Crippen LogP contribution in [0.4, 0.5) is 11.6 Å². The Morgan fingerprint density at radius 3 is 2.68 bits per heavy atom. The molecule has 3 rings (SSSR count). The quantitative estimate of drug-likeness (QED) is 0.617. The van der Waals surface area contributed by atoms with Crippen LogP contribution in [0.3, 0.4) is 0 Å². The van der Waals surface area contributed by atoms with E-state index in [0.717, 1.165) is 0 Å². The largest absolute Gasteiger partial charge is 0.459 e. The molecule has 2 aromatic heterocycles. The Labute approximate surface area is 125 Å². The van der Waals surface area contributed by atoms with E-state index in [1.54, 1.807) is 28.6 Å². The van der Waals surface area contributed by atoms with E-state index in [1.165, 1.54) is 12.6 Å². The smallest absolute Gasteiger partial charge is 0.406 e. The Morgan fingerprint density at radius 2 is 2.09 bits per heavy atom. The summed E-state index contributed by atoms with van der Waals surface area (Å²) in [6.07, 6.45) is 2.89. The molecule has 0 aliphatic carbocycles. The van der Waals surface area contributed by atoms with Crippen LogP contribution >= 0.6 is 0 Å². The number of hydrogen-bond acceptors (Lipinski definition) is 6. The number of aromatic nitrogens is 2. The summed E-state index contributed by atoms with van der Waals surface area (Å²) in [6.45, 7) is 1.96. The van der Waals surface area contributed by atoms with Crippen molar-refractivity contribution in [3.63, 3.8) is 0 Å². The number of imidazole rings is 1. The Hall–Kier alpha value is -2.84. The molecule has 9 heteroatoms. The molecule has 0 unspecified atom stereocenters. The number of anilines is 1. The van der Waals surface area contributed by atoms with Crippen molar-refractivity contribution in [3.05, 3.63) is 40.6 Å². The molecule has 0 saturated carbocycles. The zero-order chi connectivity index (χ0) is 15.7. The lowest BCUT2D eigenvalue weighted by Crippen LogP contribution is -2.49. The Morgan fingerprint density at radius 1 is 1.36 bits per heavy atom. The van der Waals surface area contributed by atoms with Gasteiger partial charge in [0, 0.05) is 33.2 Å². The molecular weight excluding hydrogens is 290 g/mol. The number of carbonyl (C=O) groups excluding carboxylic acids is 1. The SMILES string of the molecule is Cn1cnc([N+](=O)[O-])c1N1CCN(C(=O)c2ccco2)CC1. The van der Waals surface area contributed by atoms with Gasteiger partial charge in [0.1, 0.15) is 0 Å². The number of furan rings is 1. The van der Waals surface area contributed by atoms with Gasteiger partial charge in [0.25, 0.3) is 5.91 Å². The molecule has 116 valence electrons. The standard InChI is InChI=1S/C13H15N5O4/c1-15-9-14-11(18(20)21)12(15)16-4-6-17(7-5-16)13(19)10-3-2-8-22-10/h2-3,8-9H,4-7H2,1H3. The van der Waals surface area contributed by atoms with Gasteiger partial charge >= 0.3 is 5.82 Å². The van der Waals surface area contributed by atoms with Crippen molar-refractivity contribution in [2.24, 2.45) is 7.05 Å². The first kappa shape index (κ1) is 14.1. The van der Waals surface area contributed by atoms with Crippen molar-refractivity contribution in [1.82, 2.24) is 14.5 Å². The predicted molar refractivity (Wildman–Crippen MR) is 76.7 cm³/mol. The summed E-state index contributed by atoms with van der Waals surface area (Å²) in [4.78, 5) is 30.1. The predicted octanol–water partition coefficient (Wildman–Crippen LogP) is 0.884. The molecule has 2 aromatic rings. The molecule has 0 aromatic carbocycles. The molecule has 0 spiro atoms. The van der Waals surface area contributed by atoms with Crippen molar-refractivity contribution >= 4 is 17.5 Å². The second-order valence-corrected chi connectivity index (χ2v) is 5.02. The average Bonchev–Trinajstić information content (AvgIpc) is 3.16. The van der Waals surface area contributed by atoms with E-state index in [1.807, 2.05) is 4.90 Å². The molecule has 0 radical (unpaired) electrons. The summed E-state index contributed by atoms with van der Waals surface area (Å²) >= 11 is 0. The lowest BCUT2D eigenvalue weighted by Gasteiger charge is -2.34. The van der Waals surface area contributed by atoms with Crippen LogP contribution in [-0.2, 0) is 7.05 Å². The highest BCUT2D eigenvalue weighted by molar-refractivity contribution is 5.91. The summed E-state index contributed by atoms with van der Waals surface area (Å²) < 4.78 is 6.74. The highest BCUT2D eigenvalue weighted by atomic mass is 16.6. The second-order valence-electron chi connectivity index (χ2n) is 5.02. The van der Waals surface area contributed by atoms with Gasteiger partial charge in [-0.1, -0.05) is 0 Å². The fourth-order valence-corrected chi connectivity index (χ4v) is 2.58. The molecule has 9 nitrogen and oxygen atoms in total. The molecule has 0 N–H and O–H groups in total. The number of nitrogens with zero attached hydrogens (tertiary/aromatic N) is 5. The fourth-order valence-electron chi connectivity index (χ4n) is 2.58. The lowest BCUT2D eigenvalue weighted by molar-refractivity contribution is -0.388. The van der Waals surface area contributed by atoms with Gasteiger partial charge < -0.3 is 24.3 Å². The highest BCUT2D eigenvalue weighted by Crippen LogP contribution is 2.26. The number of aryl methyl sites for hydroxylation is 1. The minimum Gasteiger partial charge on any atom is -0.459 e. The molecule has 1 aliphatic heterocycles. The molecule has 3 heterocycles. The van der Waals surface area contributed by atoms with Gasteiger partial charge in [0.05, 0.1) is 6.26 Å². The van der Waals surface area contributed by atoms with Crippen LogP contribution in [0.1, 0.15) is 10.6 Å². The first-order chi connectivity index (χ1) is 10.6. The number of amides is 1. The van der Waals surface area contributed by atoms with E-state index in [-0.39, 0.29) is 11.7 Å². The van der Waals surface area contributed by atoms with Crippen LogP contribution in [0.25, 0.3) is 0 Å². The zero-order valence-electron chi connectivity index (χ0n) is 12.0. The van der Waals surface area contributed by atoms with Crippen molar-refractivity contribution < 1.29 is 14.1 Å². The van der Waals surface area contributed by atoms with E-state index in [0.29, 0.717) is 37.8 Å². The third kappa shape index (κ3) is 2.41. The van der Waals surface area contributed by atoms with Crippen LogP contribution in [0.15, 0.2) is 29.1 Å². The zero-order valence-corrected chi connectivity index (χ0v) is 12.0. The summed E-state index contributed by atoms with van der Waals surface area (Å²) in [5, 5.41) is 11.0. The first-order valence-electron chi connectivity index (χ1n) is 6.81. The average molecular weight is 305 g/mol. The van der Waals surface area contributed by atoms with Crippen LogP contribution in [-0.4, -0.2) is 51.5 Å². The molecule has 0 atom stereocenters. The van der Waals surface area contributed by atoms with Crippen molar-refractivity contribution in [3.8, 4) is 0 Å². The van der Waals surface area contributed by atoms with Crippen molar-refractivity contribution in [1.29, 1.82) is 0 Å². The highest BCUT2D eigenvalue weighted by Gasteiger charge is 2.30. The minimum absolute atomic E-state index is 0.159. The number of carbonyl (C=O) groups is 1. The monoisotopic (exact) mass is 305 g/mol. The van der Waals surface area contributed by atoms with Crippen LogP contribution < -0.4 is 4.90 Å². The molecule has 22 heavy (non-hydrogen) atoms. The van der Waals surface area contributed by atoms with Crippen molar-refractivity contribution in [2.45, 2.75) is 0 Å². The molecule has 1 saturated heterocycles. The van der Waals surface area contributed by atoms with Gasteiger partial charge in [0.15, 0.2) is 5.76 Å². The number of hydrogen-bond donors (Lipinski definition) is 0. The molecule has 1 aliphatic rings. The summed E-state index contributed by atoms with van der Waals surface area (Å²) in [5.41, 5.74) is 0. The Balaban J connectivity index is 1.71. The van der Waals surface area contributed by atoms with Gasteiger partial charge in [-0.05, 0) is 22.0 Å². The molecule has 1 amide bonds. The maximum absolute atomic E-state index is 12.2. The number of piperazine rings is 1. The first-order valence-corrected chi connectivity index (χ1v) is 6.81. The van der Waals surface area contributed by atoms with E-state index in [4.69, 9.17) is 4.42 Å². The third-order valence-corrected chi connectivity index (χ3v) is 3.66. The topological polar surface area (TPSA) is 97.6 Å². The Bertz CT molecular complexity index is 685. The molecule has 0 bridgehead atoms. The van der Waals surface area contributed by atoms with Crippen LogP contribution in [0.2, 0.25) is 0 Å². The summed E-state index contributed by atoms with van der Waals surface area (Å²) in [5.74, 6) is 0.451. The van der Waals surface area contributed by atoms with Gasteiger partial charge in [0.2, 0.25) is 12.1 Å². The van der Waals surface area contributed by atoms with Gasteiger partial charge in [-0.25, -0.2) is 0 Å². The fraction of sp³-hybridized carbons (Fsp3) is 0.385. The normalized spacial score (nSPS) is 15.1. The summed E-state index contributed by atoms with van der Waals surface area (Å²) in [6, 6.07) is 3.29. The lowest BCUT2D eigenvalue weighted by atomic mass is 10.3. The number of nitro groups is 1. The maximum atomic E-state index is 12.2. The van der Waals surface area contributed by atoms with E-state index in [9.17, 15) is 14.9 Å². The third-order valence-electron chi connectivity index (χ3n) is 3.66. The summed E-state index contributed by atoms with van der Waals surface area (Å²) in [7, 11) is 1.72. The Kier molecular flexibility index (Phi) is 3.53. The van der Waals surface area contributed by atoms with Gasteiger partial charge in [-0.15, -0.1) is 0 Å². The van der Waals surface area contributed by atoms with E-state index < -0.39 is 4.92 Å². The van der Waals surface area contributed by atoms with Crippen LogP contribution in [0, 0.1) is 10.1 Å². The number of rotatable bonds is 3. The van der Waals surface area contributed by atoms with Gasteiger partial charge in [-0.2, -0.15) is 0 Å². The van der Waals surface area contributed by atoms with Gasteiger partial charge in [-0.3, -0.25) is 9.36 Å². The van der Waals surface area contributed by atoms with E-state index >= 15 is 0 Å². The minimum atomic E-state index is -0.490. The van der Waals surface area contributed by atoms with Crippen molar-refractivity contribution in [2.75, 3.05) is 31.1 Å². The molecule has 1 fully saturated rings.